The van der Waals surface area contributed by atoms with Gasteiger partial charge in [-0.25, -0.2) is 0 Å². The van der Waals surface area contributed by atoms with Crippen molar-refractivity contribution in [3.8, 4) is 0 Å². The van der Waals surface area contributed by atoms with Crippen LogP contribution in [0.4, 0.5) is 0 Å². The Labute approximate surface area is 174 Å². The van der Waals surface area contributed by atoms with E-state index in [4.69, 9.17) is 9.47 Å². The summed E-state index contributed by atoms with van der Waals surface area (Å²) in [7, 11) is 0. The van der Waals surface area contributed by atoms with E-state index in [-0.39, 0.29) is 11.9 Å². The number of benzene rings is 1. The van der Waals surface area contributed by atoms with Gasteiger partial charge >= 0.3 is 0 Å². The number of amides is 1. The predicted octanol–water partition coefficient (Wildman–Crippen LogP) is 1.57. The molecule has 3 aliphatic rings. The smallest absolute Gasteiger partial charge is 0.231 e. The first-order valence-corrected chi connectivity index (χ1v) is 11.1. The zero-order valence-electron chi connectivity index (χ0n) is 17.7. The topological polar surface area (TPSA) is 54.0 Å². The number of carbonyl (C=O) groups is 1. The zero-order valence-corrected chi connectivity index (χ0v) is 17.7. The number of carbonyl (C=O) groups excluding carboxylic acids is 1. The number of nitrogens with zero attached hydrogens (tertiary/aromatic N) is 2. The summed E-state index contributed by atoms with van der Waals surface area (Å²) in [5, 5.41) is 3.41. The van der Waals surface area contributed by atoms with Gasteiger partial charge in [0.05, 0.1) is 18.6 Å². The first kappa shape index (κ1) is 20.8. The normalized spacial score (nSPS) is 25.8. The lowest BCUT2D eigenvalue weighted by molar-refractivity contribution is -0.131. The highest BCUT2D eigenvalue weighted by atomic mass is 16.5. The highest BCUT2D eigenvalue weighted by Crippen LogP contribution is 2.37. The number of hydrogen-bond donors (Lipinski definition) is 1. The first-order valence-electron chi connectivity index (χ1n) is 11.1. The Morgan fingerprint density at radius 3 is 2.48 bits per heavy atom. The van der Waals surface area contributed by atoms with Gasteiger partial charge in [0.25, 0.3) is 0 Å². The Hall–Kier alpha value is -1.47. The average molecular weight is 402 g/mol. The van der Waals surface area contributed by atoms with Crippen LogP contribution in [-0.4, -0.2) is 87.4 Å². The standard InChI is InChI=1S/C23H35N3O3/c1-19-4-2-3-5-21(19)23(7-14-28-15-8-23)22(27)24-20-6-9-26(18-20)11-10-25-12-16-29-17-13-25/h2-5,20H,6-18H2,1H3,(H,24,27). The van der Waals surface area contributed by atoms with Gasteiger partial charge in [0.15, 0.2) is 0 Å². The zero-order chi connectivity index (χ0) is 20.1. The van der Waals surface area contributed by atoms with Crippen molar-refractivity contribution < 1.29 is 14.3 Å². The minimum absolute atomic E-state index is 0.190. The third-order valence-corrected chi connectivity index (χ3v) is 6.89. The second kappa shape index (κ2) is 9.56. The minimum atomic E-state index is -0.454. The SMILES string of the molecule is Cc1ccccc1C1(C(=O)NC2CCN(CCN3CCOCC3)C2)CCOCC1. The van der Waals surface area contributed by atoms with Crippen LogP contribution in [0.5, 0.6) is 0 Å². The average Bonchev–Trinajstić information content (AvgIpc) is 3.21. The number of nitrogens with one attached hydrogen (secondary N) is 1. The monoisotopic (exact) mass is 401 g/mol. The van der Waals surface area contributed by atoms with E-state index in [0.717, 1.165) is 71.7 Å². The molecule has 29 heavy (non-hydrogen) atoms. The van der Waals surface area contributed by atoms with Crippen molar-refractivity contribution >= 4 is 5.91 Å². The third kappa shape index (κ3) is 4.82. The summed E-state index contributed by atoms with van der Waals surface area (Å²) in [6, 6.07) is 8.59. The van der Waals surface area contributed by atoms with Gasteiger partial charge in [0, 0.05) is 58.5 Å². The molecule has 0 aliphatic carbocycles. The summed E-state index contributed by atoms with van der Waals surface area (Å²) in [4.78, 5) is 18.5. The molecule has 6 nitrogen and oxygen atoms in total. The molecular weight excluding hydrogens is 366 g/mol. The van der Waals surface area contributed by atoms with E-state index in [1.54, 1.807) is 0 Å². The van der Waals surface area contributed by atoms with Crippen molar-refractivity contribution in [2.75, 3.05) is 65.7 Å². The van der Waals surface area contributed by atoms with E-state index >= 15 is 0 Å². The Morgan fingerprint density at radius 1 is 1.03 bits per heavy atom. The van der Waals surface area contributed by atoms with Gasteiger partial charge in [-0.2, -0.15) is 0 Å². The second-order valence-corrected chi connectivity index (χ2v) is 8.72. The van der Waals surface area contributed by atoms with Crippen LogP contribution in [0.15, 0.2) is 24.3 Å². The highest BCUT2D eigenvalue weighted by molar-refractivity contribution is 5.89. The summed E-state index contributed by atoms with van der Waals surface area (Å²) in [6.45, 7) is 11.4. The quantitative estimate of drug-likeness (QED) is 0.784. The molecule has 0 saturated carbocycles. The second-order valence-electron chi connectivity index (χ2n) is 8.72. The minimum Gasteiger partial charge on any atom is -0.381 e. The summed E-state index contributed by atoms with van der Waals surface area (Å²) in [6.07, 6.45) is 2.56. The number of ether oxygens (including phenoxy) is 2. The lowest BCUT2D eigenvalue weighted by Gasteiger charge is -2.38. The maximum absolute atomic E-state index is 13.5. The molecule has 1 aromatic rings. The molecule has 0 bridgehead atoms. The fraction of sp³-hybridized carbons (Fsp3) is 0.696. The van der Waals surface area contributed by atoms with E-state index in [9.17, 15) is 4.79 Å². The Bertz CT molecular complexity index is 684. The van der Waals surface area contributed by atoms with Crippen LogP contribution in [0.3, 0.4) is 0 Å². The van der Waals surface area contributed by atoms with E-state index < -0.39 is 5.41 Å². The molecule has 160 valence electrons. The predicted molar refractivity (Wildman–Crippen MR) is 113 cm³/mol. The molecule has 1 unspecified atom stereocenters. The molecule has 0 aromatic heterocycles. The fourth-order valence-electron chi connectivity index (χ4n) is 5.03. The lowest BCUT2D eigenvalue weighted by Crippen LogP contribution is -2.52. The van der Waals surface area contributed by atoms with Crippen LogP contribution in [0.1, 0.15) is 30.4 Å². The molecule has 1 amide bonds. The van der Waals surface area contributed by atoms with Gasteiger partial charge in [-0.05, 0) is 37.3 Å². The van der Waals surface area contributed by atoms with E-state index in [0.29, 0.717) is 13.2 Å². The molecule has 1 atom stereocenters. The fourth-order valence-corrected chi connectivity index (χ4v) is 5.03. The Balaban J connectivity index is 1.35. The van der Waals surface area contributed by atoms with Crippen LogP contribution in [0.2, 0.25) is 0 Å². The summed E-state index contributed by atoms with van der Waals surface area (Å²) < 4.78 is 11.0. The summed E-state index contributed by atoms with van der Waals surface area (Å²) in [5.74, 6) is 0.190. The molecule has 4 rings (SSSR count). The van der Waals surface area contributed by atoms with Gasteiger partial charge in [-0.1, -0.05) is 24.3 Å². The van der Waals surface area contributed by atoms with Gasteiger partial charge in [0.2, 0.25) is 5.91 Å². The van der Waals surface area contributed by atoms with Crippen molar-refractivity contribution in [1.29, 1.82) is 0 Å². The number of hydrogen-bond acceptors (Lipinski definition) is 5. The van der Waals surface area contributed by atoms with Crippen molar-refractivity contribution in [3.63, 3.8) is 0 Å². The number of aryl methyl sites for hydroxylation is 1. The Morgan fingerprint density at radius 2 is 1.72 bits per heavy atom. The van der Waals surface area contributed by atoms with E-state index in [1.165, 1.54) is 11.1 Å². The molecule has 0 spiro atoms. The molecule has 1 N–H and O–H groups in total. The van der Waals surface area contributed by atoms with Crippen LogP contribution in [-0.2, 0) is 19.7 Å². The molecule has 1 aromatic carbocycles. The van der Waals surface area contributed by atoms with Crippen molar-refractivity contribution in [2.45, 2.75) is 37.6 Å². The summed E-state index contributed by atoms with van der Waals surface area (Å²) >= 11 is 0. The van der Waals surface area contributed by atoms with Gasteiger partial charge in [0.1, 0.15) is 0 Å². The molecular formula is C23H35N3O3. The molecule has 3 heterocycles. The first-order chi connectivity index (χ1) is 14.2. The molecule has 0 radical (unpaired) electrons. The van der Waals surface area contributed by atoms with Crippen LogP contribution in [0, 0.1) is 6.92 Å². The van der Waals surface area contributed by atoms with Crippen LogP contribution < -0.4 is 5.32 Å². The molecule has 6 heteroatoms. The third-order valence-electron chi connectivity index (χ3n) is 6.89. The lowest BCUT2D eigenvalue weighted by atomic mass is 9.71. The maximum Gasteiger partial charge on any atom is 0.231 e. The van der Waals surface area contributed by atoms with Crippen molar-refractivity contribution in [1.82, 2.24) is 15.1 Å². The van der Waals surface area contributed by atoms with Gasteiger partial charge in [-0.15, -0.1) is 0 Å². The highest BCUT2D eigenvalue weighted by Gasteiger charge is 2.43. The summed E-state index contributed by atoms with van der Waals surface area (Å²) in [5.41, 5.74) is 1.91. The van der Waals surface area contributed by atoms with E-state index in [1.807, 2.05) is 6.07 Å². The number of rotatable bonds is 6. The van der Waals surface area contributed by atoms with Crippen LogP contribution >= 0.6 is 0 Å². The maximum atomic E-state index is 13.5. The number of likely N-dealkylation sites (tertiary alicyclic amines) is 1. The molecule has 3 saturated heterocycles. The van der Waals surface area contributed by atoms with Crippen molar-refractivity contribution in [3.05, 3.63) is 35.4 Å². The van der Waals surface area contributed by atoms with E-state index in [2.05, 4.69) is 40.2 Å². The van der Waals surface area contributed by atoms with Gasteiger partial charge in [-0.3, -0.25) is 14.6 Å². The van der Waals surface area contributed by atoms with Crippen molar-refractivity contribution in [2.24, 2.45) is 0 Å². The largest absolute Gasteiger partial charge is 0.381 e. The molecule has 3 aliphatic heterocycles. The Kier molecular flexibility index (Phi) is 6.85. The molecule has 3 fully saturated rings. The van der Waals surface area contributed by atoms with Crippen LogP contribution in [0.25, 0.3) is 0 Å². The number of morpholine rings is 1. The van der Waals surface area contributed by atoms with Gasteiger partial charge < -0.3 is 14.8 Å².